The Labute approximate surface area is 99.9 Å². The Kier molecular flexibility index (Phi) is 7.39. The summed E-state index contributed by atoms with van der Waals surface area (Å²) in [7, 11) is 1.43. The smallest absolute Gasteiger partial charge is 0.322 e. The molecule has 0 fully saturated rings. The molecule has 0 aliphatic heterocycles. The second-order valence-corrected chi connectivity index (χ2v) is 5.37. The van der Waals surface area contributed by atoms with E-state index in [-0.39, 0.29) is 12.0 Å². The normalized spacial score (nSPS) is 13.6. The summed E-state index contributed by atoms with van der Waals surface area (Å²) in [6.07, 6.45) is 2.19. The Bertz CT molecular complexity index is 192. The van der Waals surface area contributed by atoms with Gasteiger partial charge in [-0.2, -0.15) is 0 Å². The molecule has 0 spiro atoms. The lowest BCUT2D eigenvalue weighted by atomic mass is 9.95. The molecule has 0 aromatic rings. The number of esters is 1. The molecule has 0 aromatic heterocycles. The van der Waals surface area contributed by atoms with Crippen LogP contribution in [0.1, 0.15) is 47.5 Å². The predicted octanol–water partition coefficient (Wildman–Crippen LogP) is 2.60. The van der Waals surface area contributed by atoms with Crippen LogP contribution in [0.3, 0.4) is 0 Å². The number of methoxy groups -OCH3 is 1. The average Bonchev–Trinajstić information content (AvgIpc) is 2.14. The van der Waals surface area contributed by atoms with Gasteiger partial charge in [0.2, 0.25) is 0 Å². The molecule has 1 N–H and O–H groups in total. The summed E-state index contributed by atoms with van der Waals surface area (Å²) in [4.78, 5) is 11.3. The summed E-state index contributed by atoms with van der Waals surface area (Å²) in [5, 5.41) is 3.36. The first-order chi connectivity index (χ1) is 7.36. The standard InChI is InChI=1S/C13H27NO2/c1-9(2)7-12(8-10(3)4)14-11(5)13(15)16-6/h9-12,14H,7-8H2,1-6H3/t11-/m0/s1. The van der Waals surface area contributed by atoms with E-state index in [9.17, 15) is 4.79 Å². The van der Waals surface area contributed by atoms with Gasteiger partial charge in [0.05, 0.1) is 7.11 Å². The van der Waals surface area contributed by atoms with Gasteiger partial charge in [-0.05, 0) is 31.6 Å². The molecular weight excluding hydrogens is 202 g/mol. The van der Waals surface area contributed by atoms with Crippen LogP contribution in [0.4, 0.5) is 0 Å². The van der Waals surface area contributed by atoms with Crippen LogP contribution in [0.2, 0.25) is 0 Å². The van der Waals surface area contributed by atoms with Crippen molar-refractivity contribution in [3.05, 3.63) is 0 Å². The third-order valence-corrected chi connectivity index (χ3v) is 2.55. The van der Waals surface area contributed by atoms with Crippen LogP contribution in [0, 0.1) is 11.8 Å². The molecule has 0 rings (SSSR count). The molecule has 0 amide bonds. The van der Waals surface area contributed by atoms with Gasteiger partial charge < -0.3 is 10.1 Å². The van der Waals surface area contributed by atoms with Crippen LogP contribution in [-0.2, 0) is 9.53 Å². The van der Waals surface area contributed by atoms with Gasteiger partial charge in [-0.1, -0.05) is 27.7 Å². The van der Waals surface area contributed by atoms with E-state index in [1.165, 1.54) is 7.11 Å². The highest BCUT2D eigenvalue weighted by atomic mass is 16.5. The van der Waals surface area contributed by atoms with Crippen LogP contribution in [0.15, 0.2) is 0 Å². The van der Waals surface area contributed by atoms with Crippen molar-refractivity contribution in [3.63, 3.8) is 0 Å². The highest BCUT2D eigenvalue weighted by Crippen LogP contribution is 2.14. The Morgan fingerprint density at radius 3 is 1.81 bits per heavy atom. The zero-order chi connectivity index (χ0) is 12.7. The molecule has 0 unspecified atom stereocenters. The lowest BCUT2D eigenvalue weighted by Gasteiger charge is -2.25. The summed E-state index contributed by atoms with van der Waals surface area (Å²) in [6.45, 7) is 10.7. The summed E-state index contributed by atoms with van der Waals surface area (Å²) in [5.41, 5.74) is 0. The van der Waals surface area contributed by atoms with Crippen molar-refractivity contribution in [2.45, 2.75) is 59.5 Å². The molecule has 0 saturated carbocycles. The van der Waals surface area contributed by atoms with Gasteiger partial charge in [0.15, 0.2) is 0 Å². The SMILES string of the molecule is COC(=O)[C@H](C)NC(CC(C)C)CC(C)C. The average molecular weight is 229 g/mol. The first-order valence-corrected chi connectivity index (χ1v) is 6.20. The van der Waals surface area contributed by atoms with Gasteiger partial charge in [-0.25, -0.2) is 0 Å². The maximum Gasteiger partial charge on any atom is 0.322 e. The first kappa shape index (κ1) is 15.4. The maximum absolute atomic E-state index is 11.3. The monoisotopic (exact) mass is 229 g/mol. The minimum atomic E-state index is -0.215. The zero-order valence-electron chi connectivity index (χ0n) is 11.5. The molecule has 0 aliphatic rings. The zero-order valence-corrected chi connectivity index (χ0v) is 11.5. The van der Waals surface area contributed by atoms with Crippen LogP contribution in [0.5, 0.6) is 0 Å². The number of ether oxygens (including phenoxy) is 1. The largest absolute Gasteiger partial charge is 0.468 e. The lowest BCUT2D eigenvalue weighted by molar-refractivity contribution is -0.142. The van der Waals surface area contributed by atoms with E-state index < -0.39 is 0 Å². The Balaban J connectivity index is 4.24. The molecule has 3 heteroatoms. The molecule has 0 heterocycles. The van der Waals surface area contributed by atoms with Crippen LogP contribution >= 0.6 is 0 Å². The van der Waals surface area contributed by atoms with E-state index in [0.717, 1.165) is 12.8 Å². The van der Waals surface area contributed by atoms with E-state index >= 15 is 0 Å². The van der Waals surface area contributed by atoms with Crippen LogP contribution in [0.25, 0.3) is 0 Å². The van der Waals surface area contributed by atoms with E-state index in [2.05, 4.69) is 33.0 Å². The highest BCUT2D eigenvalue weighted by Gasteiger charge is 2.19. The first-order valence-electron chi connectivity index (χ1n) is 6.20. The fraction of sp³-hybridized carbons (Fsp3) is 0.923. The molecule has 0 radical (unpaired) electrons. The third kappa shape index (κ3) is 6.83. The molecule has 0 aromatic carbocycles. The molecule has 96 valence electrons. The van der Waals surface area contributed by atoms with E-state index in [1.54, 1.807) is 0 Å². The van der Waals surface area contributed by atoms with Crippen molar-refractivity contribution in [1.29, 1.82) is 0 Å². The van der Waals surface area contributed by atoms with Crippen LogP contribution in [-0.4, -0.2) is 25.2 Å². The maximum atomic E-state index is 11.3. The molecule has 1 atom stereocenters. The number of rotatable bonds is 7. The predicted molar refractivity (Wildman–Crippen MR) is 67.3 cm³/mol. The van der Waals surface area contributed by atoms with E-state index in [1.807, 2.05) is 6.92 Å². The summed E-state index contributed by atoms with van der Waals surface area (Å²) >= 11 is 0. The molecular formula is C13H27NO2. The molecule has 3 nitrogen and oxygen atoms in total. The van der Waals surface area contributed by atoms with Crippen molar-refractivity contribution < 1.29 is 9.53 Å². The summed E-state index contributed by atoms with van der Waals surface area (Å²) in [5.74, 6) is 1.10. The molecule has 16 heavy (non-hydrogen) atoms. The lowest BCUT2D eigenvalue weighted by Crippen LogP contribution is -2.43. The Morgan fingerprint density at radius 1 is 1.06 bits per heavy atom. The van der Waals surface area contributed by atoms with Gasteiger partial charge in [-0.3, -0.25) is 4.79 Å². The summed E-state index contributed by atoms with van der Waals surface area (Å²) in [6, 6.07) is 0.182. The second-order valence-electron chi connectivity index (χ2n) is 5.37. The van der Waals surface area contributed by atoms with Gasteiger partial charge in [-0.15, -0.1) is 0 Å². The van der Waals surface area contributed by atoms with Crippen molar-refractivity contribution >= 4 is 5.97 Å². The summed E-state index contributed by atoms with van der Waals surface area (Å²) < 4.78 is 4.72. The fourth-order valence-electron chi connectivity index (χ4n) is 1.97. The fourth-order valence-corrected chi connectivity index (χ4v) is 1.97. The van der Waals surface area contributed by atoms with Gasteiger partial charge in [0.1, 0.15) is 6.04 Å². The van der Waals surface area contributed by atoms with Crippen molar-refractivity contribution in [2.75, 3.05) is 7.11 Å². The van der Waals surface area contributed by atoms with Gasteiger partial charge >= 0.3 is 5.97 Å². The highest BCUT2D eigenvalue weighted by molar-refractivity contribution is 5.75. The second kappa shape index (κ2) is 7.66. The third-order valence-electron chi connectivity index (χ3n) is 2.55. The van der Waals surface area contributed by atoms with Crippen molar-refractivity contribution in [1.82, 2.24) is 5.32 Å². The Hall–Kier alpha value is -0.570. The number of carbonyl (C=O) groups excluding carboxylic acids is 1. The topological polar surface area (TPSA) is 38.3 Å². The molecule has 0 bridgehead atoms. The molecule has 0 saturated heterocycles. The van der Waals surface area contributed by atoms with Gasteiger partial charge in [0.25, 0.3) is 0 Å². The molecule has 0 aliphatic carbocycles. The number of hydrogen-bond acceptors (Lipinski definition) is 3. The number of carbonyl (C=O) groups is 1. The number of hydrogen-bond donors (Lipinski definition) is 1. The minimum absolute atomic E-state index is 0.183. The number of nitrogens with one attached hydrogen (secondary N) is 1. The quantitative estimate of drug-likeness (QED) is 0.682. The minimum Gasteiger partial charge on any atom is -0.468 e. The van der Waals surface area contributed by atoms with Gasteiger partial charge in [0, 0.05) is 6.04 Å². The van der Waals surface area contributed by atoms with E-state index in [4.69, 9.17) is 4.74 Å². The Morgan fingerprint density at radius 2 is 1.50 bits per heavy atom. The van der Waals surface area contributed by atoms with Crippen molar-refractivity contribution in [3.8, 4) is 0 Å². The van der Waals surface area contributed by atoms with Crippen LogP contribution < -0.4 is 5.32 Å². The van der Waals surface area contributed by atoms with Crippen molar-refractivity contribution in [2.24, 2.45) is 11.8 Å². The van der Waals surface area contributed by atoms with E-state index in [0.29, 0.717) is 17.9 Å².